The number of aromatic nitrogens is 3. The van der Waals surface area contributed by atoms with Crippen molar-refractivity contribution < 1.29 is 60.8 Å². The van der Waals surface area contributed by atoms with Gasteiger partial charge >= 0.3 is 18.2 Å². The zero-order valence-electron chi connectivity index (χ0n) is 40.5. The Kier molecular flexibility index (Phi) is 25.8. The second-order valence-electron chi connectivity index (χ2n) is 17.4. The minimum absolute atomic E-state index is 0.0249. The second kappa shape index (κ2) is 28.3. The van der Waals surface area contributed by atoms with Crippen molar-refractivity contribution in [3.63, 3.8) is 0 Å². The van der Waals surface area contributed by atoms with Gasteiger partial charge in [0.2, 0.25) is 11.8 Å². The van der Waals surface area contributed by atoms with Crippen LogP contribution in [0.4, 0.5) is 18.0 Å². The average Bonchev–Trinajstić information content (AvgIpc) is 3.55. The number of hydrogen-bond donors (Lipinski definition) is 0. The molecule has 0 spiro atoms. The van der Waals surface area contributed by atoms with Gasteiger partial charge in [0.1, 0.15) is 5.69 Å². The van der Waals surface area contributed by atoms with E-state index >= 15 is 0 Å². The molecular weight excluding hydrogens is 832 g/mol. The zero-order chi connectivity index (χ0) is 48.2. The topological polar surface area (TPSA) is 167 Å². The first-order chi connectivity index (χ1) is 29.3. The third-order valence-corrected chi connectivity index (χ3v) is 9.31. The van der Waals surface area contributed by atoms with Gasteiger partial charge in [0.05, 0.1) is 94.5 Å². The summed E-state index contributed by atoms with van der Waals surface area (Å²) in [7, 11) is 3.18. The highest BCUT2D eigenvalue weighted by atomic mass is 19.4. The molecule has 4 aliphatic rings. The molecule has 1 unspecified atom stereocenters. The Labute approximate surface area is 373 Å². The van der Waals surface area contributed by atoms with Gasteiger partial charge in [-0.1, -0.05) is 20.8 Å². The fourth-order valence-electron chi connectivity index (χ4n) is 6.05. The predicted octanol–water partition coefficient (Wildman–Crippen LogP) is 5.49. The van der Waals surface area contributed by atoms with E-state index in [-0.39, 0.29) is 85.7 Å². The lowest BCUT2D eigenvalue weighted by Gasteiger charge is -2.41. The Morgan fingerprint density at radius 2 is 1.17 bits per heavy atom. The molecule has 20 heteroatoms. The lowest BCUT2D eigenvalue weighted by molar-refractivity contribution is -0.197. The normalized spacial score (nSPS) is 17.7. The maximum atomic E-state index is 11.9. The molecular formula is C43H78F3N7O10. The fourth-order valence-corrected chi connectivity index (χ4v) is 6.05. The summed E-state index contributed by atoms with van der Waals surface area (Å²) in [4.78, 5) is 51.9. The summed E-state index contributed by atoms with van der Waals surface area (Å²) < 4.78 is 67.2. The SMILES string of the molecule is CC(C)OC1CN(C(=O)C(C)C)C1.CC(C)OC1CN(C(=O)C(F)(F)F)C1.CC(C)OCc1cnn(C)n1.CCC(=O)N1CCC1COC(C)C.COC(=O)N1CC(OC(C)C)C1. The van der Waals surface area contributed by atoms with Crippen LogP contribution in [0, 0.1) is 5.92 Å². The van der Waals surface area contributed by atoms with E-state index in [0.29, 0.717) is 38.8 Å². The molecule has 4 aliphatic heterocycles. The van der Waals surface area contributed by atoms with Gasteiger partial charge in [0.15, 0.2) is 0 Å². The smallest absolute Gasteiger partial charge is 0.453 e. The molecule has 1 aromatic heterocycles. The number of halogens is 3. The second-order valence-corrected chi connectivity index (χ2v) is 17.4. The third-order valence-electron chi connectivity index (χ3n) is 9.31. The third kappa shape index (κ3) is 22.7. The van der Waals surface area contributed by atoms with Crippen LogP contribution in [0.1, 0.15) is 109 Å². The van der Waals surface area contributed by atoms with Crippen LogP contribution in [-0.4, -0.2) is 179 Å². The molecule has 0 bridgehead atoms. The first-order valence-electron chi connectivity index (χ1n) is 22.1. The standard InChI is InChI=1S/2C10H19NO2.C8H12F3NO2.C8H15NO3.C7H13N3O/c1-7(2)10(12)11-5-9(6-11)13-8(3)4;1-4-10(12)11-6-5-9(11)7-13-8(2)3;1-5(2)14-6-3-12(4-6)7(13)8(9,10)11;1-6(2)12-7-4-9(5-7)8(10)11-3;1-6(2)11-5-7-4-8-10(3)9-7/h7-9H,5-6H2,1-4H3;8-9H,4-7H2,1-3H3;5-6H,3-4H2,1-2H3;6-7H,4-5H2,1-3H3;4,6H,5H2,1-3H3. The van der Waals surface area contributed by atoms with Crippen LogP contribution in [0.25, 0.3) is 0 Å². The number of carbonyl (C=O) groups excluding carboxylic acids is 4. The maximum Gasteiger partial charge on any atom is 0.471 e. The summed E-state index contributed by atoms with van der Waals surface area (Å²) in [6.07, 6.45) is -0.413. The molecule has 0 radical (unpaired) electrons. The Morgan fingerprint density at radius 3 is 1.51 bits per heavy atom. The van der Waals surface area contributed by atoms with Crippen molar-refractivity contribution in [2.45, 2.75) is 171 Å². The number of alkyl halides is 3. The average molecular weight is 910 g/mol. The monoisotopic (exact) mass is 910 g/mol. The summed E-state index contributed by atoms with van der Waals surface area (Å²) in [5, 5.41) is 7.98. The van der Waals surface area contributed by atoms with Crippen molar-refractivity contribution in [1.29, 1.82) is 0 Å². The minimum atomic E-state index is -4.76. The van der Waals surface area contributed by atoms with E-state index < -0.39 is 12.1 Å². The molecule has 17 nitrogen and oxygen atoms in total. The quantitative estimate of drug-likeness (QED) is 0.231. The first-order valence-corrected chi connectivity index (χ1v) is 22.1. The lowest BCUT2D eigenvalue weighted by Crippen LogP contribution is -2.58. The Hall–Kier alpha value is -3.59. The van der Waals surface area contributed by atoms with E-state index in [2.05, 4.69) is 14.9 Å². The number of amides is 4. The minimum Gasteiger partial charge on any atom is -0.453 e. The molecule has 1 atom stereocenters. The molecule has 4 saturated heterocycles. The predicted molar refractivity (Wildman–Crippen MR) is 230 cm³/mol. The molecule has 366 valence electrons. The van der Waals surface area contributed by atoms with E-state index in [1.165, 1.54) is 11.9 Å². The van der Waals surface area contributed by atoms with Gasteiger partial charge in [-0.05, 0) is 75.7 Å². The molecule has 4 amide bonds. The number of nitrogens with zero attached hydrogens (tertiary/aromatic N) is 7. The van der Waals surface area contributed by atoms with Crippen molar-refractivity contribution in [2.75, 3.05) is 59.5 Å². The van der Waals surface area contributed by atoms with Gasteiger partial charge in [-0.3, -0.25) is 14.4 Å². The number of likely N-dealkylation sites (tertiary alicyclic amines) is 4. The van der Waals surface area contributed by atoms with Gasteiger partial charge < -0.3 is 48.0 Å². The number of aryl methyl sites for hydroxylation is 1. The molecule has 63 heavy (non-hydrogen) atoms. The maximum absolute atomic E-state index is 11.9. The molecule has 5 rings (SSSR count). The van der Waals surface area contributed by atoms with E-state index in [1.54, 1.807) is 32.0 Å². The molecule has 0 N–H and O–H groups in total. The number of hydrogen-bond acceptors (Lipinski definition) is 12. The fraction of sp³-hybridized carbons (Fsp3) is 0.860. The van der Waals surface area contributed by atoms with Crippen LogP contribution in [0.15, 0.2) is 6.20 Å². The van der Waals surface area contributed by atoms with Gasteiger partial charge in [-0.25, -0.2) is 4.79 Å². The summed E-state index contributed by atoms with van der Waals surface area (Å²) in [6, 6.07) is 0.342. The Balaban J connectivity index is 0.000000395. The first kappa shape index (κ1) is 57.4. The van der Waals surface area contributed by atoms with E-state index in [0.717, 1.165) is 36.6 Å². The van der Waals surface area contributed by atoms with E-state index in [4.69, 9.17) is 23.7 Å². The highest BCUT2D eigenvalue weighted by Crippen LogP contribution is 2.24. The van der Waals surface area contributed by atoms with Gasteiger partial charge in [-0.2, -0.15) is 28.2 Å². The largest absolute Gasteiger partial charge is 0.471 e. The number of carbonyl (C=O) groups is 4. The molecule has 0 aromatic carbocycles. The van der Waals surface area contributed by atoms with E-state index in [9.17, 15) is 32.3 Å². The van der Waals surface area contributed by atoms with Crippen molar-refractivity contribution >= 4 is 23.8 Å². The molecule has 5 heterocycles. The number of ether oxygens (including phenoxy) is 6. The molecule has 1 aromatic rings. The Morgan fingerprint density at radius 1 is 0.714 bits per heavy atom. The molecule has 0 aliphatic carbocycles. The van der Waals surface area contributed by atoms with Crippen LogP contribution in [-0.2, 0) is 56.5 Å². The molecule has 0 saturated carbocycles. The molecule has 4 fully saturated rings. The zero-order valence-corrected chi connectivity index (χ0v) is 40.5. The van der Waals surface area contributed by atoms with Crippen LogP contribution in [0.2, 0.25) is 0 Å². The van der Waals surface area contributed by atoms with Gasteiger partial charge in [0.25, 0.3) is 0 Å². The van der Waals surface area contributed by atoms with Gasteiger partial charge in [-0.15, -0.1) is 0 Å². The van der Waals surface area contributed by atoms with Crippen LogP contribution < -0.4 is 0 Å². The van der Waals surface area contributed by atoms with E-state index in [1.807, 2.05) is 86.0 Å². The van der Waals surface area contributed by atoms with Crippen molar-refractivity contribution in [3.05, 3.63) is 11.9 Å². The summed E-state index contributed by atoms with van der Waals surface area (Å²) in [5.41, 5.74) is 0.876. The summed E-state index contributed by atoms with van der Waals surface area (Å²) >= 11 is 0. The van der Waals surface area contributed by atoms with Crippen molar-refractivity contribution in [2.24, 2.45) is 13.0 Å². The highest BCUT2D eigenvalue weighted by Gasteiger charge is 2.47. The summed E-state index contributed by atoms with van der Waals surface area (Å²) in [6.45, 7) is 30.5. The van der Waals surface area contributed by atoms with Crippen molar-refractivity contribution in [3.8, 4) is 0 Å². The highest BCUT2D eigenvalue weighted by molar-refractivity contribution is 5.82. The lowest BCUT2D eigenvalue weighted by atomic mass is 10.0. The Bertz CT molecular complexity index is 1480. The number of methoxy groups -OCH3 is 1. The van der Waals surface area contributed by atoms with Gasteiger partial charge in [0, 0.05) is 52.1 Å². The van der Waals surface area contributed by atoms with Crippen LogP contribution in [0.5, 0.6) is 0 Å². The van der Waals surface area contributed by atoms with Crippen LogP contribution >= 0.6 is 0 Å². The number of rotatable bonds is 14. The van der Waals surface area contributed by atoms with Crippen LogP contribution in [0.3, 0.4) is 0 Å². The summed E-state index contributed by atoms with van der Waals surface area (Å²) in [5.74, 6) is -1.17. The van der Waals surface area contributed by atoms with Crippen molar-refractivity contribution in [1.82, 2.24) is 34.6 Å².